The predicted octanol–water partition coefficient (Wildman–Crippen LogP) is 2.24. The Balaban J connectivity index is 1.88. The van der Waals surface area contributed by atoms with Gasteiger partial charge in [0.15, 0.2) is 5.11 Å². The molecule has 0 aliphatic carbocycles. The van der Waals surface area contributed by atoms with Crippen LogP contribution in [0.4, 0.5) is 5.69 Å². The van der Waals surface area contributed by atoms with Crippen molar-refractivity contribution in [3.05, 3.63) is 29.8 Å². The van der Waals surface area contributed by atoms with E-state index in [2.05, 4.69) is 22.6 Å². The number of anilines is 1. The predicted molar refractivity (Wildman–Crippen MR) is 92.3 cm³/mol. The number of piperidine rings is 1. The van der Waals surface area contributed by atoms with Crippen LogP contribution in [-0.2, 0) is 4.74 Å². The Labute approximate surface area is 137 Å². The van der Waals surface area contributed by atoms with Crippen molar-refractivity contribution in [3.63, 3.8) is 0 Å². The van der Waals surface area contributed by atoms with E-state index < -0.39 is 0 Å². The van der Waals surface area contributed by atoms with Gasteiger partial charge in [0.2, 0.25) is 0 Å². The molecule has 1 heterocycles. The molecule has 1 aliphatic rings. The number of hydrogen-bond acceptors (Lipinski definition) is 4. The lowest BCUT2D eigenvalue weighted by Gasteiger charge is -2.30. The van der Waals surface area contributed by atoms with Gasteiger partial charge >= 0.3 is 5.97 Å². The standard InChI is InChI=1S/C16H23N3O2S/c1-3-21-15(20)12-5-4-6-14(11-12)18-16(22)17-13-7-9-19(2)10-8-13/h4-6,11,13H,3,7-10H2,1-2H3,(H2,17,18,22). The summed E-state index contributed by atoms with van der Waals surface area (Å²) in [5.74, 6) is -0.319. The van der Waals surface area contributed by atoms with Crippen molar-refractivity contribution in [1.29, 1.82) is 0 Å². The first-order valence-electron chi connectivity index (χ1n) is 7.61. The van der Waals surface area contributed by atoms with Crippen LogP contribution in [0.1, 0.15) is 30.1 Å². The number of ether oxygens (including phenoxy) is 1. The third-order valence-electron chi connectivity index (χ3n) is 3.69. The van der Waals surface area contributed by atoms with Crippen LogP contribution in [-0.4, -0.2) is 48.8 Å². The zero-order valence-corrected chi connectivity index (χ0v) is 13.9. The van der Waals surface area contributed by atoms with E-state index in [1.54, 1.807) is 19.1 Å². The molecule has 0 atom stereocenters. The summed E-state index contributed by atoms with van der Waals surface area (Å²) in [5, 5.41) is 7.07. The number of nitrogens with one attached hydrogen (secondary N) is 2. The van der Waals surface area contributed by atoms with Gasteiger partial charge < -0.3 is 20.3 Å². The first kappa shape index (κ1) is 16.7. The molecule has 6 heteroatoms. The minimum atomic E-state index is -0.319. The third kappa shape index (κ3) is 4.96. The van der Waals surface area contributed by atoms with Crippen LogP contribution < -0.4 is 10.6 Å². The minimum Gasteiger partial charge on any atom is -0.462 e. The number of nitrogens with zero attached hydrogens (tertiary/aromatic N) is 1. The summed E-state index contributed by atoms with van der Waals surface area (Å²) in [5.41, 5.74) is 1.31. The molecule has 0 unspecified atom stereocenters. The van der Waals surface area contributed by atoms with E-state index in [1.165, 1.54) is 0 Å². The monoisotopic (exact) mass is 321 g/mol. The maximum Gasteiger partial charge on any atom is 0.338 e. The Morgan fingerprint density at radius 2 is 2.14 bits per heavy atom. The van der Waals surface area contributed by atoms with Crippen LogP contribution >= 0.6 is 12.2 Å². The molecule has 5 nitrogen and oxygen atoms in total. The lowest BCUT2D eigenvalue weighted by atomic mass is 10.1. The summed E-state index contributed by atoms with van der Waals surface area (Å²) >= 11 is 5.35. The lowest BCUT2D eigenvalue weighted by molar-refractivity contribution is 0.0526. The molecule has 0 radical (unpaired) electrons. The van der Waals surface area contributed by atoms with Gasteiger partial charge in [-0.05, 0) is 70.3 Å². The fraction of sp³-hybridized carbons (Fsp3) is 0.500. The number of hydrogen-bond donors (Lipinski definition) is 2. The van der Waals surface area contributed by atoms with Gasteiger partial charge in [-0.1, -0.05) is 6.07 Å². The molecule has 1 aromatic carbocycles. The Kier molecular flexibility index (Phi) is 6.15. The van der Waals surface area contributed by atoms with Crippen molar-refractivity contribution in [2.45, 2.75) is 25.8 Å². The van der Waals surface area contributed by atoms with Crippen molar-refractivity contribution in [2.75, 3.05) is 32.1 Å². The molecule has 0 aromatic heterocycles. The number of likely N-dealkylation sites (tertiary alicyclic amines) is 1. The number of rotatable bonds is 4. The summed E-state index contributed by atoms with van der Waals surface area (Å²) in [7, 11) is 2.13. The van der Waals surface area contributed by atoms with Gasteiger partial charge in [0.05, 0.1) is 12.2 Å². The first-order chi connectivity index (χ1) is 10.6. The van der Waals surface area contributed by atoms with Gasteiger partial charge in [0.1, 0.15) is 0 Å². The van der Waals surface area contributed by atoms with Crippen molar-refractivity contribution >= 4 is 29.0 Å². The molecule has 0 amide bonds. The number of carbonyl (C=O) groups excluding carboxylic acids is 1. The zero-order chi connectivity index (χ0) is 15.9. The summed E-state index contributed by atoms with van der Waals surface area (Å²) in [6.45, 7) is 4.32. The SMILES string of the molecule is CCOC(=O)c1cccc(NC(=S)NC2CCN(C)CC2)c1. The van der Waals surface area contributed by atoms with E-state index in [0.29, 0.717) is 23.3 Å². The second kappa shape index (κ2) is 8.10. The molecule has 0 saturated carbocycles. The van der Waals surface area contributed by atoms with E-state index >= 15 is 0 Å². The molecule has 2 N–H and O–H groups in total. The van der Waals surface area contributed by atoms with Gasteiger partial charge in [-0.25, -0.2) is 4.79 Å². The second-order valence-electron chi connectivity index (χ2n) is 5.48. The molecular weight excluding hydrogens is 298 g/mol. The van der Waals surface area contributed by atoms with Crippen LogP contribution in [0.25, 0.3) is 0 Å². The van der Waals surface area contributed by atoms with Crippen LogP contribution in [0.15, 0.2) is 24.3 Å². The average molecular weight is 321 g/mol. The Morgan fingerprint density at radius 1 is 1.41 bits per heavy atom. The highest BCUT2D eigenvalue weighted by Crippen LogP contribution is 2.13. The molecule has 1 aromatic rings. The van der Waals surface area contributed by atoms with E-state index in [-0.39, 0.29) is 5.97 Å². The second-order valence-corrected chi connectivity index (χ2v) is 5.89. The minimum absolute atomic E-state index is 0.319. The average Bonchev–Trinajstić information content (AvgIpc) is 2.50. The number of thiocarbonyl (C=S) groups is 1. The van der Waals surface area contributed by atoms with Gasteiger partial charge in [-0.2, -0.15) is 0 Å². The molecule has 22 heavy (non-hydrogen) atoms. The quantitative estimate of drug-likeness (QED) is 0.655. The van der Waals surface area contributed by atoms with Gasteiger partial charge in [0, 0.05) is 11.7 Å². The van der Waals surface area contributed by atoms with Crippen LogP contribution in [0, 0.1) is 0 Å². The van der Waals surface area contributed by atoms with Crippen molar-refractivity contribution < 1.29 is 9.53 Å². The molecule has 1 aliphatic heterocycles. The maximum absolute atomic E-state index is 11.7. The largest absolute Gasteiger partial charge is 0.462 e. The fourth-order valence-electron chi connectivity index (χ4n) is 2.44. The number of esters is 1. The normalized spacial score (nSPS) is 16.1. The summed E-state index contributed by atoms with van der Waals surface area (Å²) < 4.78 is 5.00. The van der Waals surface area contributed by atoms with E-state index in [4.69, 9.17) is 17.0 Å². The van der Waals surface area contributed by atoms with Crippen molar-refractivity contribution in [1.82, 2.24) is 10.2 Å². The Bertz CT molecular complexity index is 528. The Morgan fingerprint density at radius 3 is 2.82 bits per heavy atom. The molecular formula is C16H23N3O2S. The topological polar surface area (TPSA) is 53.6 Å². The lowest BCUT2D eigenvalue weighted by Crippen LogP contribution is -2.44. The Hall–Kier alpha value is -1.66. The third-order valence-corrected chi connectivity index (χ3v) is 3.91. The summed E-state index contributed by atoms with van der Waals surface area (Å²) in [4.78, 5) is 14.0. The van der Waals surface area contributed by atoms with E-state index in [0.717, 1.165) is 31.6 Å². The first-order valence-corrected chi connectivity index (χ1v) is 8.02. The smallest absolute Gasteiger partial charge is 0.338 e. The highest BCUT2D eigenvalue weighted by Gasteiger charge is 2.17. The van der Waals surface area contributed by atoms with E-state index in [1.807, 2.05) is 12.1 Å². The number of carbonyl (C=O) groups is 1. The van der Waals surface area contributed by atoms with Crippen LogP contribution in [0.3, 0.4) is 0 Å². The van der Waals surface area contributed by atoms with Gasteiger partial charge in [0.25, 0.3) is 0 Å². The van der Waals surface area contributed by atoms with E-state index in [9.17, 15) is 4.79 Å². The number of benzene rings is 1. The highest BCUT2D eigenvalue weighted by molar-refractivity contribution is 7.80. The molecule has 2 rings (SSSR count). The fourth-order valence-corrected chi connectivity index (χ4v) is 2.73. The molecule has 0 spiro atoms. The zero-order valence-electron chi connectivity index (χ0n) is 13.1. The van der Waals surface area contributed by atoms with Crippen molar-refractivity contribution in [3.8, 4) is 0 Å². The summed E-state index contributed by atoms with van der Waals surface area (Å²) in [6.07, 6.45) is 2.17. The van der Waals surface area contributed by atoms with Crippen LogP contribution in [0.2, 0.25) is 0 Å². The van der Waals surface area contributed by atoms with Crippen LogP contribution in [0.5, 0.6) is 0 Å². The summed E-state index contributed by atoms with van der Waals surface area (Å²) in [6, 6.07) is 7.58. The van der Waals surface area contributed by atoms with Crippen molar-refractivity contribution in [2.24, 2.45) is 0 Å². The maximum atomic E-state index is 11.7. The molecule has 0 bridgehead atoms. The molecule has 120 valence electrons. The van der Waals surface area contributed by atoms with Gasteiger partial charge in [-0.3, -0.25) is 0 Å². The van der Waals surface area contributed by atoms with Gasteiger partial charge in [-0.15, -0.1) is 0 Å². The molecule has 1 fully saturated rings. The molecule has 1 saturated heterocycles. The highest BCUT2D eigenvalue weighted by atomic mass is 32.1.